The summed E-state index contributed by atoms with van der Waals surface area (Å²) in [5.74, 6) is 1.28. The lowest BCUT2D eigenvalue weighted by Crippen LogP contribution is -1.95. The molecule has 1 atom stereocenters. The molecule has 0 aliphatic carbocycles. The highest BCUT2D eigenvalue weighted by molar-refractivity contribution is 7.12. The molecule has 0 spiro atoms. The number of rotatable bonds is 5. The Labute approximate surface area is 108 Å². The second-order valence-electron chi connectivity index (χ2n) is 5.02. The quantitative estimate of drug-likeness (QED) is 0.770. The summed E-state index contributed by atoms with van der Waals surface area (Å²) in [6.07, 6.45) is 4.42. The van der Waals surface area contributed by atoms with Crippen LogP contribution in [0, 0.1) is 0 Å². The maximum absolute atomic E-state index is 3.30. The molecule has 1 N–H and O–H groups in total. The molecule has 0 radical (unpaired) electrons. The second-order valence-corrected chi connectivity index (χ2v) is 6.22. The summed E-state index contributed by atoms with van der Waals surface area (Å²) in [5.41, 5.74) is 1.35. The van der Waals surface area contributed by atoms with Crippen LogP contribution in [0.4, 0.5) is 0 Å². The Balaban J connectivity index is 1.89. The molecule has 0 aliphatic heterocycles. The number of H-pyrrole nitrogens is 1. The maximum Gasteiger partial charge on any atom is 0.0175 e. The van der Waals surface area contributed by atoms with Crippen LogP contribution in [0.1, 0.15) is 54.5 Å². The van der Waals surface area contributed by atoms with E-state index < -0.39 is 0 Å². The summed E-state index contributed by atoms with van der Waals surface area (Å²) in [7, 11) is 0. The fraction of sp³-hybridized carbons (Fsp3) is 0.467. The number of hydrogen-bond acceptors (Lipinski definition) is 1. The standard InChI is InChI=1S/C15H21NS/c1-11(2)15-9-8-13(17-15)7-6-12(3)14-5-4-10-16-14/h4-5,8-12,16H,6-7H2,1-3H3. The van der Waals surface area contributed by atoms with Crippen LogP contribution in [0.2, 0.25) is 0 Å². The van der Waals surface area contributed by atoms with E-state index in [9.17, 15) is 0 Å². The molecule has 2 heterocycles. The zero-order valence-corrected chi connectivity index (χ0v) is 11.7. The Morgan fingerprint density at radius 3 is 2.59 bits per heavy atom. The van der Waals surface area contributed by atoms with Crippen molar-refractivity contribution in [2.75, 3.05) is 0 Å². The Kier molecular flexibility index (Phi) is 4.06. The van der Waals surface area contributed by atoms with Gasteiger partial charge in [0.25, 0.3) is 0 Å². The average molecular weight is 247 g/mol. The van der Waals surface area contributed by atoms with Crippen molar-refractivity contribution in [1.82, 2.24) is 4.98 Å². The molecule has 2 heteroatoms. The van der Waals surface area contributed by atoms with Crippen LogP contribution in [0.3, 0.4) is 0 Å². The molecule has 0 amide bonds. The van der Waals surface area contributed by atoms with E-state index in [1.807, 2.05) is 17.5 Å². The molecule has 0 aromatic carbocycles. The highest BCUT2D eigenvalue weighted by Gasteiger charge is 2.08. The van der Waals surface area contributed by atoms with E-state index in [1.54, 1.807) is 0 Å². The van der Waals surface area contributed by atoms with Gasteiger partial charge in [0.05, 0.1) is 0 Å². The summed E-state index contributed by atoms with van der Waals surface area (Å²) in [5, 5.41) is 0. The van der Waals surface area contributed by atoms with Crippen LogP contribution in [0.15, 0.2) is 30.5 Å². The Morgan fingerprint density at radius 1 is 1.18 bits per heavy atom. The van der Waals surface area contributed by atoms with Gasteiger partial charge in [0, 0.05) is 21.6 Å². The number of nitrogens with one attached hydrogen (secondary N) is 1. The van der Waals surface area contributed by atoms with Gasteiger partial charge >= 0.3 is 0 Å². The zero-order valence-electron chi connectivity index (χ0n) is 10.9. The van der Waals surface area contributed by atoms with Crippen LogP contribution in [0.25, 0.3) is 0 Å². The molecule has 0 fully saturated rings. The highest BCUT2D eigenvalue weighted by atomic mass is 32.1. The van der Waals surface area contributed by atoms with E-state index in [0.29, 0.717) is 11.8 Å². The Hall–Kier alpha value is -1.02. The van der Waals surface area contributed by atoms with Gasteiger partial charge in [-0.05, 0) is 48.9 Å². The van der Waals surface area contributed by atoms with Crippen molar-refractivity contribution in [3.05, 3.63) is 45.9 Å². The summed E-state index contributed by atoms with van der Waals surface area (Å²) in [6, 6.07) is 8.83. The third-order valence-corrected chi connectivity index (χ3v) is 4.67. The predicted octanol–water partition coefficient (Wildman–Crippen LogP) is 4.94. The summed E-state index contributed by atoms with van der Waals surface area (Å²) >= 11 is 1.97. The summed E-state index contributed by atoms with van der Waals surface area (Å²) < 4.78 is 0. The number of aryl methyl sites for hydroxylation is 1. The first-order chi connectivity index (χ1) is 8.16. The minimum absolute atomic E-state index is 0.620. The molecule has 17 heavy (non-hydrogen) atoms. The van der Waals surface area contributed by atoms with Gasteiger partial charge in [0.1, 0.15) is 0 Å². The van der Waals surface area contributed by atoms with Gasteiger partial charge in [0.15, 0.2) is 0 Å². The number of thiophene rings is 1. The van der Waals surface area contributed by atoms with E-state index in [2.05, 4.69) is 50.0 Å². The predicted molar refractivity (Wildman–Crippen MR) is 75.9 cm³/mol. The lowest BCUT2D eigenvalue weighted by Gasteiger charge is -2.08. The first-order valence-corrected chi connectivity index (χ1v) is 7.20. The monoisotopic (exact) mass is 247 g/mol. The highest BCUT2D eigenvalue weighted by Crippen LogP contribution is 2.27. The lowest BCUT2D eigenvalue weighted by molar-refractivity contribution is 0.669. The van der Waals surface area contributed by atoms with E-state index in [-0.39, 0.29) is 0 Å². The third-order valence-electron chi connectivity index (χ3n) is 3.23. The lowest BCUT2D eigenvalue weighted by atomic mass is 10.0. The van der Waals surface area contributed by atoms with E-state index in [1.165, 1.54) is 28.3 Å². The van der Waals surface area contributed by atoms with E-state index in [4.69, 9.17) is 0 Å². The summed E-state index contributed by atoms with van der Waals surface area (Å²) in [6.45, 7) is 6.82. The van der Waals surface area contributed by atoms with Crippen molar-refractivity contribution < 1.29 is 0 Å². The van der Waals surface area contributed by atoms with Gasteiger partial charge in [-0.1, -0.05) is 20.8 Å². The van der Waals surface area contributed by atoms with Crippen LogP contribution >= 0.6 is 11.3 Å². The maximum atomic E-state index is 3.30. The molecule has 0 saturated heterocycles. The topological polar surface area (TPSA) is 15.8 Å². The molecular weight excluding hydrogens is 226 g/mol. The molecule has 0 bridgehead atoms. The van der Waals surface area contributed by atoms with Gasteiger partial charge in [-0.3, -0.25) is 0 Å². The van der Waals surface area contributed by atoms with Crippen molar-refractivity contribution in [2.45, 2.75) is 45.4 Å². The second kappa shape index (κ2) is 5.54. The first kappa shape index (κ1) is 12.4. The molecule has 0 saturated carbocycles. The third kappa shape index (κ3) is 3.22. The SMILES string of the molecule is CC(C)c1ccc(CCC(C)c2ccc[nH]2)s1. The molecule has 1 nitrogen and oxygen atoms in total. The smallest absolute Gasteiger partial charge is 0.0175 e. The van der Waals surface area contributed by atoms with Gasteiger partial charge in [-0.25, -0.2) is 0 Å². The van der Waals surface area contributed by atoms with Crippen molar-refractivity contribution in [3.63, 3.8) is 0 Å². The van der Waals surface area contributed by atoms with Gasteiger partial charge in [-0.15, -0.1) is 11.3 Å². The molecule has 0 aliphatic rings. The van der Waals surface area contributed by atoms with Gasteiger partial charge < -0.3 is 4.98 Å². The largest absolute Gasteiger partial charge is 0.365 e. The molecule has 2 aromatic rings. The van der Waals surface area contributed by atoms with Gasteiger partial charge in [-0.2, -0.15) is 0 Å². The molecular formula is C15H21NS. The van der Waals surface area contributed by atoms with Crippen LogP contribution in [-0.2, 0) is 6.42 Å². The van der Waals surface area contributed by atoms with Crippen LogP contribution in [-0.4, -0.2) is 4.98 Å². The fourth-order valence-corrected chi connectivity index (χ4v) is 3.03. The van der Waals surface area contributed by atoms with Crippen LogP contribution < -0.4 is 0 Å². The van der Waals surface area contributed by atoms with Crippen molar-refractivity contribution in [1.29, 1.82) is 0 Å². The average Bonchev–Trinajstić information content (AvgIpc) is 2.97. The van der Waals surface area contributed by atoms with Crippen molar-refractivity contribution in [2.24, 2.45) is 0 Å². The molecule has 92 valence electrons. The molecule has 2 aromatic heterocycles. The molecule has 2 rings (SSSR count). The van der Waals surface area contributed by atoms with E-state index in [0.717, 1.165) is 0 Å². The van der Waals surface area contributed by atoms with Crippen molar-refractivity contribution >= 4 is 11.3 Å². The van der Waals surface area contributed by atoms with Crippen LogP contribution in [0.5, 0.6) is 0 Å². The minimum atomic E-state index is 0.620. The molecule has 1 unspecified atom stereocenters. The Morgan fingerprint density at radius 2 is 2.00 bits per heavy atom. The van der Waals surface area contributed by atoms with Crippen molar-refractivity contribution in [3.8, 4) is 0 Å². The van der Waals surface area contributed by atoms with E-state index >= 15 is 0 Å². The Bertz CT molecular complexity index is 439. The number of aromatic nitrogens is 1. The fourth-order valence-electron chi connectivity index (χ4n) is 2.00. The number of hydrogen-bond donors (Lipinski definition) is 1. The minimum Gasteiger partial charge on any atom is -0.365 e. The normalized spacial score (nSPS) is 13.2. The number of aromatic amines is 1. The van der Waals surface area contributed by atoms with Gasteiger partial charge in [0.2, 0.25) is 0 Å². The summed E-state index contributed by atoms with van der Waals surface area (Å²) in [4.78, 5) is 6.33. The first-order valence-electron chi connectivity index (χ1n) is 6.38. The zero-order chi connectivity index (χ0) is 12.3.